The molecule has 0 spiro atoms. The Labute approximate surface area is 162 Å². The Hall–Kier alpha value is -3.36. The van der Waals surface area contributed by atoms with Crippen molar-refractivity contribution in [1.82, 2.24) is 9.78 Å². The van der Waals surface area contributed by atoms with Gasteiger partial charge in [-0.15, -0.1) is 0 Å². The van der Waals surface area contributed by atoms with Crippen LogP contribution in [0.3, 0.4) is 0 Å². The van der Waals surface area contributed by atoms with Crippen molar-refractivity contribution < 1.29 is 23.9 Å². The molecule has 0 saturated carbocycles. The molecule has 3 rings (SSSR count). The summed E-state index contributed by atoms with van der Waals surface area (Å²) < 4.78 is 12.4. The van der Waals surface area contributed by atoms with Crippen LogP contribution in [0, 0.1) is 13.8 Å². The summed E-state index contributed by atoms with van der Waals surface area (Å²) in [5.74, 6) is -1.14. The number of fused-ring (bicyclic) bond motifs is 1. The summed E-state index contributed by atoms with van der Waals surface area (Å²) in [6.07, 6.45) is -2.35. The molecule has 0 radical (unpaired) electrons. The smallest absolute Gasteiger partial charge is 0.310 e. The quantitative estimate of drug-likeness (QED) is 0.757. The lowest BCUT2D eigenvalue weighted by Crippen LogP contribution is -2.40. The van der Waals surface area contributed by atoms with Gasteiger partial charge in [0.1, 0.15) is 5.75 Å². The third-order valence-electron chi connectivity index (χ3n) is 4.49. The average Bonchev–Trinajstić information content (AvgIpc) is 2.88. The standard InChI is InChI=1S/C19H22N4O5/c1-10-17(11(2)23(4)22-10)21-18(25)12(3)27-16(24)9-15-19(26)20-13-7-5-6-8-14(13)28-15/h5-8,12,15H,9H2,1-4H3,(H,20,26)(H,21,25)/t12-,15-/m0/s1. The molecule has 2 heterocycles. The number of ether oxygens (including phenoxy) is 2. The van der Waals surface area contributed by atoms with Crippen molar-refractivity contribution in [1.29, 1.82) is 0 Å². The average molecular weight is 386 g/mol. The Morgan fingerprint density at radius 1 is 1.36 bits per heavy atom. The summed E-state index contributed by atoms with van der Waals surface area (Å²) >= 11 is 0. The van der Waals surface area contributed by atoms with Crippen molar-refractivity contribution in [2.24, 2.45) is 7.05 Å². The number of hydrogen-bond donors (Lipinski definition) is 2. The molecule has 1 aromatic heterocycles. The van der Waals surface area contributed by atoms with Gasteiger partial charge in [-0.3, -0.25) is 19.1 Å². The van der Waals surface area contributed by atoms with E-state index in [0.717, 1.165) is 5.69 Å². The lowest BCUT2D eigenvalue weighted by molar-refractivity contribution is -0.155. The number of carbonyl (C=O) groups is 3. The number of carbonyl (C=O) groups excluding carboxylic acids is 3. The summed E-state index contributed by atoms with van der Waals surface area (Å²) in [6, 6.07) is 6.93. The van der Waals surface area contributed by atoms with Crippen molar-refractivity contribution in [3.05, 3.63) is 35.7 Å². The van der Waals surface area contributed by atoms with Crippen LogP contribution in [0.25, 0.3) is 0 Å². The molecule has 1 aliphatic rings. The normalized spacial score (nSPS) is 16.4. The van der Waals surface area contributed by atoms with Crippen molar-refractivity contribution in [3.63, 3.8) is 0 Å². The Bertz CT molecular complexity index is 936. The molecule has 1 aromatic carbocycles. The Morgan fingerprint density at radius 3 is 2.75 bits per heavy atom. The van der Waals surface area contributed by atoms with Gasteiger partial charge in [0.05, 0.1) is 29.2 Å². The number of aryl methyl sites for hydroxylation is 2. The molecule has 0 aliphatic carbocycles. The van der Waals surface area contributed by atoms with Crippen molar-refractivity contribution in [3.8, 4) is 5.75 Å². The number of para-hydroxylation sites is 2. The van der Waals surface area contributed by atoms with E-state index in [9.17, 15) is 14.4 Å². The minimum Gasteiger partial charge on any atom is -0.478 e. The zero-order chi connectivity index (χ0) is 20.4. The molecule has 2 aromatic rings. The summed E-state index contributed by atoms with van der Waals surface area (Å²) in [5, 5.41) is 9.62. The molecule has 0 saturated heterocycles. The minimum atomic E-state index is -1.04. The number of aromatic nitrogens is 2. The first-order valence-corrected chi connectivity index (χ1v) is 8.83. The molecule has 28 heavy (non-hydrogen) atoms. The van der Waals surface area contributed by atoms with Crippen LogP contribution in [-0.2, 0) is 26.2 Å². The van der Waals surface area contributed by atoms with E-state index in [1.807, 2.05) is 6.92 Å². The van der Waals surface area contributed by atoms with Gasteiger partial charge in [-0.2, -0.15) is 5.10 Å². The molecule has 148 valence electrons. The van der Waals surface area contributed by atoms with Crippen LogP contribution in [0.1, 0.15) is 24.7 Å². The van der Waals surface area contributed by atoms with E-state index in [2.05, 4.69) is 15.7 Å². The highest BCUT2D eigenvalue weighted by Crippen LogP contribution is 2.29. The van der Waals surface area contributed by atoms with E-state index >= 15 is 0 Å². The second-order valence-electron chi connectivity index (χ2n) is 6.59. The lowest BCUT2D eigenvalue weighted by atomic mass is 10.1. The molecule has 0 fully saturated rings. The molecular weight excluding hydrogens is 364 g/mol. The number of anilines is 2. The first-order valence-electron chi connectivity index (χ1n) is 8.83. The molecule has 0 unspecified atom stereocenters. The van der Waals surface area contributed by atoms with E-state index in [1.165, 1.54) is 6.92 Å². The summed E-state index contributed by atoms with van der Waals surface area (Å²) in [5.41, 5.74) is 2.59. The molecule has 9 heteroatoms. The molecule has 9 nitrogen and oxygen atoms in total. The van der Waals surface area contributed by atoms with Crippen LogP contribution < -0.4 is 15.4 Å². The molecule has 1 aliphatic heterocycles. The Kier molecular flexibility index (Phi) is 5.34. The van der Waals surface area contributed by atoms with E-state index in [0.29, 0.717) is 22.8 Å². The van der Waals surface area contributed by atoms with Gasteiger partial charge in [0.2, 0.25) is 0 Å². The van der Waals surface area contributed by atoms with Crippen LogP contribution in [0.4, 0.5) is 11.4 Å². The van der Waals surface area contributed by atoms with Gasteiger partial charge < -0.3 is 20.1 Å². The van der Waals surface area contributed by atoms with Gasteiger partial charge in [-0.05, 0) is 32.9 Å². The molecule has 2 amide bonds. The third-order valence-corrected chi connectivity index (χ3v) is 4.49. The fourth-order valence-corrected chi connectivity index (χ4v) is 2.86. The second-order valence-corrected chi connectivity index (χ2v) is 6.59. The predicted octanol–water partition coefficient (Wildman–Crippen LogP) is 1.70. The highest BCUT2D eigenvalue weighted by atomic mass is 16.6. The van der Waals surface area contributed by atoms with Gasteiger partial charge >= 0.3 is 5.97 Å². The largest absolute Gasteiger partial charge is 0.478 e. The number of hydrogen-bond acceptors (Lipinski definition) is 6. The third kappa shape index (κ3) is 3.98. The lowest BCUT2D eigenvalue weighted by Gasteiger charge is -2.25. The Balaban J connectivity index is 1.57. The van der Waals surface area contributed by atoms with Gasteiger partial charge in [-0.1, -0.05) is 12.1 Å². The topological polar surface area (TPSA) is 112 Å². The summed E-state index contributed by atoms with van der Waals surface area (Å²) in [6.45, 7) is 5.06. The first kappa shape index (κ1) is 19.4. The number of nitrogens with one attached hydrogen (secondary N) is 2. The minimum absolute atomic E-state index is 0.303. The highest BCUT2D eigenvalue weighted by Gasteiger charge is 2.31. The maximum atomic E-state index is 12.3. The van der Waals surface area contributed by atoms with Gasteiger partial charge in [0, 0.05) is 7.05 Å². The van der Waals surface area contributed by atoms with E-state index in [-0.39, 0.29) is 6.42 Å². The monoisotopic (exact) mass is 386 g/mol. The number of rotatable bonds is 5. The molecule has 0 bridgehead atoms. The summed E-state index contributed by atoms with van der Waals surface area (Å²) in [7, 11) is 1.77. The van der Waals surface area contributed by atoms with E-state index in [4.69, 9.17) is 9.47 Å². The molecular formula is C19H22N4O5. The van der Waals surface area contributed by atoms with Gasteiger partial charge in [0.25, 0.3) is 11.8 Å². The number of amides is 2. The zero-order valence-corrected chi connectivity index (χ0v) is 16.1. The highest BCUT2D eigenvalue weighted by molar-refractivity contribution is 6.00. The first-order chi connectivity index (χ1) is 13.3. The van der Waals surface area contributed by atoms with Crippen LogP contribution in [0.5, 0.6) is 5.75 Å². The fourth-order valence-electron chi connectivity index (χ4n) is 2.86. The fraction of sp³-hybridized carbons (Fsp3) is 0.368. The van der Waals surface area contributed by atoms with Crippen LogP contribution in [-0.4, -0.2) is 39.8 Å². The van der Waals surface area contributed by atoms with E-state index in [1.54, 1.807) is 42.9 Å². The zero-order valence-electron chi connectivity index (χ0n) is 16.1. The Morgan fingerprint density at radius 2 is 2.07 bits per heavy atom. The maximum Gasteiger partial charge on any atom is 0.310 e. The maximum absolute atomic E-state index is 12.3. The number of nitrogens with zero attached hydrogens (tertiary/aromatic N) is 2. The molecule has 2 N–H and O–H groups in total. The van der Waals surface area contributed by atoms with E-state index < -0.39 is 30.0 Å². The second kappa shape index (κ2) is 7.71. The predicted molar refractivity (Wildman–Crippen MR) is 101 cm³/mol. The van der Waals surface area contributed by atoms with Crippen molar-refractivity contribution >= 4 is 29.2 Å². The number of esters is 1. The van der Waals surface area contributed by atoms with Crippen LogP contribution >= 0.6 is 0 Å². The van der Waals surface area contributed by atoms with Crippen molar-refractivity contribution in [2.75, 3.05) is 10.6 Å². The van der Waals surface area contributed by atoms with Gasteiger partial charge in [-0.25, -0.2) is 0 Å². The summed E-state index contributed by atoms with van der Waals surface area (Å²) in [4.78, 5) is 36.6. The molecule has 2 atom stereocenters. The van der Waals surface area contributed by atoms with Crippen LogP contribution in [0.2, 0.25) is 0 Å². The van der Waals surface area contributed by atoms with Gasteiger partial charge in [0.15, 0.2) is 12.2 Å². The SMILES string of the molecule is Cc1nn(C)c(C)c1NC(=O)[C@H](C)OC(=O)C[C@@H]1Oc2ccccc2NC1=O. The van der Waals surface area contributed by atoms with Crippen molar-refractivity contribution in [2.45, 2.75) is 39.4 Å². The van der Waals surface area contributed by atoms with Crippen LogP contribution in [0.15, 0.2) is 24.3 Å². The number of benzene rings is 1.